The van der Waals surface area contributed by atoms with Gasteiger partial charge in [-0.25, -0.2) is 0 Å². The molecule has 1 aliphatic heterocycles. The number of nitrogens with zero attached hydrogens (tertiary/aromatic N) is 1. The molecule has 34 heavy (non-hydrogen) atoms. The number of amides is 3. The van der Waals surface area contributed by atoms with Crippen LogP contribution >= 0.6 is 34.4 Å². The topological polar surface area (TPSA) is 75.7 Å². The van der Waals surface area contributed by atoms with E-state index in [4.69, 9.17) is 4.74 Å². The quantitative estimate of drug-likeness (QED) is 0.279. The summed E-state index contributed by atoms with van der Waals surface area (Å²) in [7, 11) is 0. The highest BCUT2D eigenvalue weighted by Crippen LogP contribution is 2.33. The van der Waals surface area contributed by atoms with Crippen LogP contribution in [-0.2, 0) is 16.1 Å². The van der Waals surface area contributed by atoms with Gasteiger partial charge in [0, 0.05) is 9.26 Å². The van der Waals surface area contributed by atoms with E-state index >= 15 is 0 Å². The molecule has 0 saturated carbocycles. The number of halogens is 1. The molecule has 1 N–H and O–H groups in total. The summed E-state index contributed by atoms with van der Waals surface area (Å²) in [5.74, 6) is -0.0224. The lowest BCUT2D eigenvalue weighted by molar-refractivity contribution is -0.123. The standard InChI is InChI=1S/C26H21IN2O4S/c1-17-4-2-3-5-22(17)28-24(30)16-33-21-12-8-18(9-13-21)14-23-25(31)29(26(32)34-23)15-19-6-10-20(27)11-7-19/h2-14H,15-16H2,1H3,(H,28,30)/b23-14-. The van der Waals surface area contributed by atoms with Crippen molar-refractivity contribution in [3.8, 4) is 5.75 Å². The Kier molecular flexibility index (Phi) is 7.69. The predicted molar refractivity (Wildman–Crippen MR) is 142 cm³/mol. The van der Waals surface area contributed by atoms with Crippen LogP contribution in [-0.4, -0.2) is 28.6 Å². The lowest BCUT2D eigenvalue weighted by Gasteiger charge is -2.12. The molecule has 0 spiro atoms. The molecule has 1 heterocycles. The highest BCUT2D eigenvalue weighted by atomic mass is 127. The number of ether oxygens (including phenoxy) is 1. The molecule has 0 aliphatic carbocycles. The van der Waals surface area contributed by atoms with E-state index < -0.39 is 0 Å². The maximum Gasteiger partial charge on any atom is 0.293 e. The van der Waals surface area contributed by atoms with Crippen LogP contribution in [0.1, 0.15) is 16.7 Å². The van der Waals surface area contributed by atoms with Gasteiger partial charge < -0.3 is 10.1 Å². The first-order valence-electron chi connectivity index (χ1n) is 10.5. The molecule has 1 aliphatic rings. The van der Waals surface area contributed by atoms with Crippen molar-refractivity contribution in [2.75, 3.05) is 11.9 Å². The lowest BCUT2D eigenvalue weighted by Crippen LogP contribution is -2.27. The van der Waals surface area contributed by atoms with Gasteiger partial charge in [-0.1, -0.05) is 42.5 Å². The van der Waals surface area contributed by atoms with Crippen molar-refractivity contribution in [2.45, 2.75) is 13.5 Å². The molecule has 8 heteroatoms. The van der Waals surface area contributed by atoms with Crippen LogP contribution in [0.3, 0.4) is 0 Å². The van der Waals surface area contributed by atoms with Crippen molar-refractivity contribution in [3.05, 3.63) is 98.0 Å². The van der Waals surface area contributed by atoms with Crippen LogP contribution in [0.15, 0.2) is 77.7 Å². The molecule has 4 rings (SSSR count). The van der Waals surface area contributed by atoms with Gasteiger partial charge in [-0.2, -0.15) is 0 Å². The maximum absolute atomic E-state index is 12.8. The summed E-state index contributed by atoms with van der Waals surface area (Å²) < 4.78 is 6.66. The monoisotopic (exact) mass is 584 g/mol. The summed E-state index contributed by atoms with van der Waals surface area (Å²) in [5.41, 5.74) is 3.39. The third-order valence-electron chi connectivity index (χ3n) is 5.09. The molecule has 6 nitrogen and oxygen atoms in total. The van der Waals surface area contributed by atoms with Gasteiger partial charge in [-0.15, -0.1) is 0 Å². The second-order valence-corrected chi connectivity index (χ2v) is 9.85. The van der Waals surface area contributed by atoms with Gasteiger partial charge in [0.2, 0.25) is 0 Å². The number of thioether (sulfide) groups is 1. The smallest absolute Gasteiger partial charge is 0.293 e. The van der Waals surface area contributed by atoms with Gasteiger partial charge in [0.1, 0.15) is 5.75 Å². The third-order valence-corrected chi connectivity index (χ3v) is 6.72. The Bertz CT molecular complexity index is 1260. The second kappa shape index (κ2) is 10.9. The number of aryl methyl sites for hydroxylation is 1. The minimum atomic E-state index is -0.304. The molecule has 0 unspecified atom stereocenters. The van der Waals surface area contributed by atoms with E-state index in [9.17, 15) is 14.4 Å². The molecular formula is C26H21IN2O4S. The minimum Gasteiger partial charge on any atom is -0.484 e. The number of rotatable bonds is 7. The molecule has 172 valence electrons. The fourth-order valence-electron chi connectivity index (χ4n) is 3.27. The van der Waals surface area contributed by atoms with Crippen molar-refractivity contribution < 1.29 is 19.1 Å². The summed E-state index contributed by atoms with van der Waals surface area (Å²) in [6.45, 7) is 2.05. The molecular weight excluding hydrogens is 563 g/mol. The normalized spacial score (nSPS) is 14.5. The molecule has 3 aromatic carbocycles. The number of carbonyl (C=O) groups excluding carboxylic acids is 3. The Labute approximate surface area is 215 Å². The number of hydrogen-bond donors (Lipinski definition) is 1. The summed E-state index contributed by atoms with van der Waals surface area (Å²) in [6, 6.07) is 22.3. The molecule has 0 atom stereocenters. The summed E-state index contributed by atoms with van der Waals surface area (Å²) in [6.07, 6.45) is 1.69. The van der Waals surface area contributed by atoms with Crippen LogP contribution in [0.4, 0.5) is 10.5 Å². The Balaban J connectivity index is 1.34. The lowest BCUT2D eigenvalue weighted by atomic mass is 10.2. The van der Waals surface area contributed by atoms with E-state index in [0.717, 1.165) is 37.7 Å². The highest BCUT2D eigenvalue weighted by Gasteiger charge is 2.34. The van der Waals surface area contributed by atoms with Crippen molar-refractivity contribution in [1.82, 2.24) is 4.90 Å². The Morgan fingerprint density at radius 3 is 2.44 bits per heavy atom. The number of benzene rings is 3. The van der Waals surface area contributed by atoms with Gasteiger partial charge in [0.15, 0.2) is 6.61 Å². The first-order chi connectivity index (χ1) is 16.4. The van der Waals surface area contributed by atoms with E-state index in [-0.39, 0.29) is 30.2 Å². The molecule has 1 saturated heterocycles. The molecule has 0 radical (unpaired) electrons. The molecule has 0 bridgehead atoms. The van der Waals surface area contributed by atoms with Crippen LogP contribution < -0.4 is 10.1 Å². The number of anilines is 1. The zero-order valence-corrected chi connectivity index (χ0v) is 21.3. The predicted octanol–water partition coefficient (Wildman–Crippen LogP) is 5.85. The SMILES string of the molecule is Cc1ccccc1NC(=O)COc1ccc(/C=C2\SC(=O)N(Cc3ccc(I)cc3)C2=O)cc1. The first kappa shape index (κ1) is 24.0. The Hall–Kier alpha value is -3.11. The number of hydrogen-bond acceptors (Lipinski definition) is 5. The van der Waals surface area contributed by atoms with Gasteiger partial charge >= 0.3 is 0 Å². The average molecular weight is 584 g/mol. The largest absolute Gasteiger partial charge is 0.484 e. The zero-order valence-electron chi connectivity index (χ0n) is 18.3. The number of carbonyl (C=O) groups is 3. The summed E-state index contributed by atoms with van der Waals surface area (Å²) in [4.78, 5) is 38.9. The van der Waals surface area contributed by atoms with Crippen molar-refractivity contribution in [3.63, 3.8) is 0 Å². The van der Waals surface area contributed by atoms with E-state index in [0.29, 0.717) is 10.7 Å². The van der Waals surface area contributed by atoms with Gasteiger partial charge in [-0.3, -0.25) is 19.3 Å². The van der Waals surface area contributed by atoms with Crippen molar-refractivity contribution in [1.29, 1.82) is 0 Å². The Morgan fingerprint density at radius 2 is 1.74 bits per heavy atom. The second-order valence-electron chi connectivity index (χ2n) is 7.62. The highest BCUT2D eigenvalue weighted by molar-refractivity contribution is 14.1. The first-order valence-corrected chi connectivity index (χ1v) is 12.4. The summed E-state index contributed by atoms with van der Waals surface area (Å²) in [5, 5.41) is 2.54. The number of nitrogens with one attached hydrogen (secondary N) is 1. The van der Waals surface area contributed by atoms with E-state index in [1.54, 1.807) is 30.3 Å². The number of para-hydroxylation sites is 1. The minimum absolute atomic E-state index is 0.120. The third kappa shape index (κ3) is 6.06. The van der Waals surface area contributed by atoms with Gasteiger partial charge in [0.25, 0.3) is 17.1 Å². The van der Waals surface area contributed by atoms with Crippen LogP contribution in [0.2, 0.25) is 0 Å². The molecule has 0 aromatic heterocycles. The maximum atomic E-state index is 12.8. The molecule has 3 amide bonds. The van der Waals surface area contributed by atoms with Crippen molar-refractivity contribution >= 4 is 63.2 Å². The van der Waals surface area contributed by atoms with E-state index in [2.05, 4.69) is 27.9 Å². The average Bonchev–Trinajstić information content (AvgIpc) is 3.09. The zero-order chi connectivity index (χ0) is 24.1. The van der Waals surface area contributed by atoms with E-state index in [1.165, 1.54) is 4.90 Å². The fourth-order valence-corrected chi connectivity index (χ4v) is 4.47. The van der Waals surface area contributed by atoms with Gasteiger partial charge in [0.05, 0.1) is 11.4 Å². The summed E-state index contributed by atoms with van der Waals surface area (Å²) >= 11 is 3.14. The number of imide groups is 1. The van der Waals surface area contributed by atoms with Gasteiger partial charge in [-0.05, 0) is 94.4 Å². The molecule has 1 fully saturated rings. The van der Waals surface area contributed by atoms with Crippen LogP contribution in [0.25, 0.3) is 6.08 Å². The molecule has 3 aromatic rings. The van der Waals surface area contributed by atoms with E-state index in [1.807, 2.05) is 55.5 Å². The Morgan fingerprint density at radius 1 is 1.03 bits per heavy atom. The van der Waals surface area contributed by atoms with Crippen LogP contribution in [0.5, 0.6) is 5.75 Å². The van der Waals surface area contributed by atoms with Crippen molar-refractivity contribution in [2.24, 2.45) is 0 Å². The fraction of sp³-hybridized carbons (Fsp3) is 0.115. The van der Waals surface area contributed by atoms with Crippen LogP contribution in [0, 0.1) is 10.5 Å².